The summed E-state index contributed by atoms with van der Waals surface area (Å²) in [5.41, 5.74) is -0.386. The molecule has 1 fully saturated rings. The minimum absolute atomic E-state index is 0.0858. The lowest BCUT2D eigenvalue weighted by molar-refractivity contribution is -0.171. The highest BCUT2D eigenvalue weighted by Gasteiger charge is 2.31. The quantitative estimate of drug-likeness (QED) is 0.675. The molecule has 15 heavy (non-hydrogen) atoms. The number of hydrogen-bond acceptors (Lipinski definition) is 3. The van der Waals surface area contributed by atoms with Crippen molar-refractivity contribution >= 4 is 5.97 Å². The summed E-state index contributed by atoms with van der Waals surface area (Å²) in [5.74, 6) is 0.322. The van der Waals surface area contributed by atoms with Gasteiger partial charge in [-0.15, -0.1) is 0 Å². The molecule has 0 N–H and O–H groups in total. The standard InChI is InChI=1S/C12H22O3/c1-4-10(2)8-11(13)15-12(3)6-5-7-14-9-12/h10H,4-9H2,1-3H3. The number of ether oxygens (including phenoxy) is 2. The molecule has 2 unspecified atom stereocenters. The van der Waals surface area contributed by atoms with Crippen LogP contribution < -0.4 is 0 Å². The molecule has 0 amide bonds. The van der Waals surface area contributed by atoms with E-state index in [4.69, 9.17) is 9.47 Å². The molecule has 1 aliphatic heterocycles. The van der Waals surface area contributed by atoms with Crippen molar-refractivity contribution < 1.29 is 14.3 Å². The zero-order valence-corrected chi connectivity index (χ0v) is 10.0. The van der Waals surface area contributed by atoms with Crippen LogP contribution in [0.25, 0.3) is 0 Å². The Balaban J connectivity index is 2.35. The molecule has 3 heteroatoms. The highest BCUT2D eigenvalue weighted by Crippen LogP contribution is 2.24. The van der Waals surface area contributed by atoms with Crippen molar-refractivity contribution in [1.82, 2.24) is 0 Å². The zero-order valence-electron chi connectivity index (χ0n) is 10.0. The Hall–Kier alpha value is -0.570. The molecule has 0 radical (unpaired) electrons. The Bertz CT molecular complexity index is 207. The molecule has 0 spiro atoms. The van der Waals surface area contributed by atoms with Crippen LogP contribution in [0.1, 0.15) is 46.5 Å². The summed E-state index contributed by atoms with van der Waals surface area (Å²) < 4.78 is 10.8. The van der Waals surface area contributed by atoms with E-state index in [0.29, 0.717) is 18.9 Å². The second-order valence-corrected chi connectivity index (χ2v) is 4.80. The first-order valence-electron chi connectivity index (χ1n) is 5.85. The molecule has 3 nitrogen and oxygen atoms in total. The van der Waals surface area contributed by atoms with Gasteiger partial charge in [-0.2, -0.15) is 0 Å². The maximum Gasteiger partial charge on any atom is 0.306 e. The molecule has 0 aromatic heterocycles. The summed E-state index contributed by atoms with van der Waals surface area (Å²) in [6, 6.07) is 0. The summed E-state index contributed by atoms with van der Waals surface area (Å²) >= 11 is 0. The van der Waals surface area contributed by atoms with E-state index >= 15 is 0 Å². The molecule has 88 valence electrons. The molecule has 0 aromatic rings. The van der Waals surface area contributed by atoms with Gasteiger partial charge in [0, 0.05) is 13.0 Å². The summed E-state index contributed by atoms with van der Waals surface area (Å²) in [7, 11) is 0. The van der Waals surface area contributed by atoms with Gasteiger partial charge in [0.05, 0.1) is 6.61 Å². The maximum atomic E-state index is 11.6. The van der Waals surface area contributed by atoms with E-state index in [2.05, 4.69) is 13.8 Å². The number of esters is 1. The average molecular weight is 214 g/mol. The van der Waals surface area contributed by atoms with Crippen molar-refractivity contribution in [1.29, 1.82) is 0 Å². The van der Waals surface area contributed by atoms with Crippen molar-refractivity contribution in [2.75, 3.05) is 13.2 Å². The molecule has 1 aliphatic rings. The van der Waals surface area contributed by atoms with Gasteiger partial charge in [0.15, 0.2) is 0 Å². The van der Waals surface area contributed by atoms with Crippen molar-refractivity contribution in [3.8, 4) is 0 Å². The molecule has 1 saturated heterocycles. The van der Waals surface area contributed by atoms with Crippen LogP contribution in [0.4, 0.5) is 0 Å². The molecule has 0 saturated carbocycles. The molecular weight excluding hydrogens is 192 g/mol. The highest BCUT2D eigenvalue weighted by molar-refractivity contribution is 5.70. The van der Waals surface area contributed by atoms with Gasteiger partial charge in [-0.05, 0) is 25.7 Å². The van der Waals surface area contributed by atoms with Crippen LogP contribution in [0.3, 0.4) is 0 Å². The lowest BCUT2D eigenvalue weighted by Gasteiger charge is -2.33. The van der Waals surface area contributed by atoms with Crippen LogP contribution in [0.2, 0.25) is 0 Å². The molecular formula is C12H22O3. The van der Waals surface area contributed by atoms with Crippen LogP contribution >= 0.6 is 0 Å². The third-order valence-corrected chi connectivity index (χ3v) is 2.97. The predicted molar refractivity (Wildman–Crippen MR) is 58.6 cm³/mol. The monoisotopic (exact) mass is 214 g/mol. The van der Waals surface area contributed by atoms with Gasteiger partial charge in [0.1, 0.15) is 5.60 Å². The van der Waals surface area contributed by atoms with E-state index in [9.17, 15) is 4.79 Å². The maximum absolute atomic E-state index is 11.6. The fourth-order valence-corrected chi connectivity index (χ4v) is 1.73. The number of hydrogen-bond donors (Lipinski definition) is 0. The van der Waals surface area contributed by atoms with Gasteiger partial charge in [-0.25, -0.2) is 0 Å². The lowest BCUT2D eigenvalue weighted by atomic mass is 9.98. The summed E-state index contributed by atoms with van der Waals surface area (Å²) in [5, 5.41) is 0. The third kappa shape index (κ3) is 4.20. The van der Waals surface area contributed by atoms with Gasteiger partial charge >= 0.3 is 5.97 Å². The van der Waals surface area contributed by atoms with Crippen LogP contribution in [0, 0.1) is 5.92 Å². The predicted octanol–water partition coefficient (Wildman–Crippen LogP) is 2.53. The molecule has 2 atom stereocenters. The second-order valence-electron chi connectivity index (χ2n) is 4.80. The Labute approximate surface area is 92.1 Å². The minimum Gasteiger partial charge on any atom is -0.457 e. The Morgan fingerprint density at radius 3 is 2.87 bits per heavy atom. The van der Waals surface area contributed by atoms with Crippen molar-refractivity contribution in [2.24, 2.45) is 5.92 Å². The molecule has 0 bridgehead atoms. The van der Waals surface area contributed by atoms with E-state index < -0.39 is 0 Å². The fourth-order valence-electron chi connectivity index (χ4n) is 1.73. The molecule has 0 aliphatic carbocycles. The van der Waals surface area contributed by atoms with Gasteiger partial charge < -0.3 is 9.47 Å². The smallest absolute Gasteiger partial charge is 0.306 e. The van der Waals surface area contributed by atoms with Gasteiger partial charge in [0.2, 0.25) is 0 Å². The normalized spacial score (nSPS) is 28.5. The Morgan fingerprint density at radius 2 is 2.33 bits per heavy atom. The van der Waals surface area contributed by atoms with Crippen LogP contribution in [-0.2, 0) is 14.3 Å². The molecule has 0 aromatic carbocycles. The number of carbonyl (C=O) groups excluding carboxylic acids is 1. The second kappa shape index (κ2) is 5.50. The van der Waals surface area contributed by atoms with E-state index in [1.54, 1.807) is 0 Å². The van der Waals surface area contributed by atoms with E-state index in [1.807, 2.05) is 6.92 Å². The van der Waals surface area contributed by atoms with Gasteiger partial charge in [-0.3, -0.25) is 4.79 Å². The number of carbonyl (C=O) groups is 1. The van der Waals surface area contributed by atoms with Gasteiger partial charge in [-0.1, -0.05) is 20.3 Å². The molecule has 1 heterocycles. The van der Waals surface area contributed by atoms with Crippen LogP contribution in [0.5, 0.6) is 0 Å². The zero-order chi connectivity index (χ0) is 11.3. The van der Waals surface area contributed by atoms with Crippen molar-refractivity contribution in [2.45, 2.75) is 52.1 Å². The van der Waals surface area contributed by atoms with Crippen molar-refractivity contribution in [3.05, 3.63) is 0 Å². The SMILES string of the molecule is CCC(C)CC(=O)OC1(C)CCCOC1. The summed E-state index contributed by atoms with van der Waals surface area (Å²) in [6.45, 7) is 7.45. The topological polar surface area (TPSA) is 35.5 Å². The molecule has 1 rings (SSSR count). The third-order valence-electron chi connectivity index (χ3n) is 2.97. The van der Waals surface area contributed by atoms with Gasteiger partial charge in [0.25, 0.3) is 0 Å². The van der Waals surface area contributed by atoms with Crippen LogP contribution in [0.15, 0.2) is 0 Å². The van der Waals surface area contributed by atoms with E-state index in [-0.39, 0.29) is 11.6 Å². The Morgan fingerprint density at radius 1 is 1.60 bits per heavy atom. The fraction of sp³-hybridized carbons (Fsp3) is 0.917. The van der Waals surface area contributed by atoms with Crippen LogP contribution in [-0.4, -0.2) is 24.8 Å². The number of rotatable bonds is 4. The highest BCUT2D eigenvalue weighted by atomic mass is 16.6. The summed E-state index contributed by atoms with van der Waals surface area (Å²) in [4.78, 5) is 11.6. The lowest BCUT2D eigenvalue weighted by Crippen LogP contribution is -2.40. The van der Waals surface area contributed by atoms with E-state index in [1.165, 1.54) is 0 Å². The average Bonchev–Trinajstić information content (AvgIpc) is 2.17. The first-order chi connectivity index (χ1) is 7.06. The van der Waals surface area contributed by atoms with Crippen molar-refractivity contribution in [3.63, 3.8) is 0 Å². The first kappa shape index (κ1) is 12.5. The van der Waals surface area contributed by atoms with E-state index in [0.717, 1.165) is 25.9 Å². The Kier molecular flexibility index (Phi) is 4.58. The largest absolute Gasteiger partial charge is 0.457 e. The first-order valence-corrected chi connectivity index (χ1v) is 5.85. The minimum atomic E-state index is -0.386. The summed E-state index contributed by atoms with van der Waals surface area (Å²) in [6.07, 6.45) is 3.43.